The Kier molecular flexibility index (Phi) is 5.56. The van der Waals surface area contributed by atoms with Crippen molar-refractivity contribution in [2.24, 2.45) is 0 Å². The van der Waals surface area contributed by atoms with Crippen molar-refractivity contribution < 1.29 is 4.39 Å². The molecule has 0 saturated heterocycles. The summed E-state index contributed by atoms with van der Waals surface area (Å²) in [5.41, 5.74) is 1.10. The molecule has 2 nitrogen and oxygen atoms in total. The van der Waals surface area contributed by atoms with Gasteiger partial charge in [0.25, 0.3) is 0 Å². The monoisotopic (exact) mass is 302 g/mol. The highest BCUT2D eigenvalue weighted by atomic mass is 79.9. The van der Waals surface area contributed by atoms with Crippen molar-refractivity contribution in [2.75, 3.05) is 13.1 Å². The summed E-state index contributed by atoms with van der Waals surface area (Å²) in [6.45, 7) is 8.87. The van der Waals surface area contributed by atoms with Gasteiger partial charge in [-0.05, 0) is 54.4 Å². The molecule has 1 rings (SSSR count). The topological polar surface area (TPSA) is 24.1 Å². The van der Waals surface area contributed by atoms with E-state index in [2.05, 4.69) is 47.3 Å². The summed E-state index contributed by atoms with van der Waals surface area (Å²) in [5.74, 6) is -0.211. The molecule has 0 bridgehead atoms. The van der Waals surface area contributed by atoms with Gasteiger partial charge in [0, 0.05) is 25.2 Å². The van der Waals surface area contributed by atoms with Crippen molar-refractivity contribution in [2.45, 2.75) is 32.9 Å². The molecule has 0 amide bonds. The molecule has 2 N–H and O–H groups in total. The Balaban J connectivity index is 2.25. The van der Waals surface area contributed by atoms with Gasteiger partial charge in [0.1, 0.15) is 5.82 Å². The van der Waals surface area contributed by atoms with Gasteiger partial charge >= 0.3 is 0 Å². The summed E-state index contributed by atoms with van der Waals surface area (Å²) in [4.78, 5) is 0. The number of hydrogen-bond donors (Lipinski definition) is 2. The summed E-state index contributed by atoms with van der Waals surface area (Å²) < 4.78 is 13.7. The van der Waals surface area contributed by atoms with Crippen LogP contribution >= 0.6 is 15.9 Å². The van der Waals surface area contributed by atoms with E-state index in [9.17, 15) is 4.39 Å². The predicted octanol–water partition coefficient (Wildman–Crippen LogP) is 3.07. The van der Waals surface area contributed by atoms with E-state index >= 15 is 0 Å². The van der Waals surface area contributed by atoms with Crippen LogP contribution in [0.4, 0.5) is 4.39 Å². The molecule has 96 valence electrons. The molecule has 0 aliphatic carbocycles. The zero-order valence-corrected chi connectivity index (χ0v) is 12.2. The second-order valence-corrected chi connectivity index (χ2v) is 5.96. The first-order chi connectivity index (χ1) is 7.88. The normalized spacial score (nSPS) is 11.8. The van der Waals surface area contributed by atoms with Crippen LogP contribution in [0.25, 0.3) is 0 Å². The van der Waals surface area contributed by atoms with Crippen LogP contribution in [-0.4, -0.2) is 18.6 Å². The fourth-order valence-corrected chi connectivity index (χ4v) is 1.65. The minimum atomic E-state index is -0.211. The van der Waals surface area contributed by atoms with E-state index in [-0.39, 0.29) is 11.4 Å². The van der Waals surface area contributed by atoms with Gasteiger partial charge in [0.2, 0.25) is 0 Å². The van der Waals surface area contributed by atoms with Crippen LogP contribution in [-0.2, 0) is 6.54 Å². The molecule has 0 aromatic heterocycles. The zero-order chi connectivity index (χ0) is 12.9. The molecular formula is C13H20BrFN2. The molecule has 0 aliphatic rings. The minimum Gasteiger partial charge on any atom is -0.311 e. The van der Waals surface area contributed by atoms with Crippen LogP contribution in [0.3, 0.4) is 0 Å². The maximum absolute atomic E-state index is 13.2. The van der Waals surface area contributed by atoms with Crippen LogP contribution < -0.4 is 10.6 Å². The average Bonchev–Trinajstić information content (AvgIpc) is 2.21. The van der Waals surface area contributed by atoms with Crippen molar-refractivity contribution in [1.29, 1.82) is 0 Å². The van der Waals surface area contributed by atoms with Gasteiger partial charge in [-0.2, -0.15) is 0 Å². The second-order valence-electron chi connectivity index (χ2n) is 5.10. The zero-order valence-electron chi connectivity index (χ0n) is 10.6. The van der Waals surface area contributed by atoms with E-state index in [0.717, 1.165) is 18.7 Å². The van der Waals surface area contributed by atoms with Gasteiger partial charge < -0.3 is 10.6 Å². The fraction of sp³-hybridized carbons (Fsp3) is 0.538. The van der Waals surface area contributed by atoms with Gasteiger partial charge in [-0.25, -0.2) is 4.39 Å². The van der Waals surface area contributed by atoms with Crippen molar-refractivity contribution >= 4 is 15.9 Å². The Bertz CT molecular complexity index is 361. The molecule has 0 unspecified atom stereocenters. The summed E-state index contributed by atoms with van der Waals surface area (Å²) in [6.07, 6.45) is 0. The Morgan fingerprint density at radius 3 is 2.53 bits per heavy atom. The largest absolute Gasteiger partial charge is 0.311 e. The van der Waals surface area contributed by atoms with Crippen molar-refractivity contribution in [3.05, 3.63) is 34.1 Å². The molecule has 0 saturated carbocycles. The van der Waals surface area contributed by atoms with Crippen LogP contribution in [0, 0.1) is 5.82 Å². The SMILES string of the molecule is CC(C)(C)NCCNCc1ccc(Br)c(F)c1. The number of rotatable bonds is 5. The van der Waals surface area contributed by atoms with Gasteiger partial charge in [0.15, 0.2) is 0 Å². The molecule has 17 heavy (non-hydrogen) atoms. The number of hydrogen-bond acceptors (Lipinski definition) is 2. The highest BCUT2D eigenvalue weighted by Crippen LogP contribution is 2.16. The molecular weight excluding hydrogens is 283 g/mol. The molecule has 0 atom stereocenters. The van der Waals surface area contributed by atoms with Crippen molar-refractivity contribution in [1.82, 2.24) is 10.6 Å². The third kappa shape index (κ3) is 6.15. The van der Waals surface area contributed by atoms with Gasteiger partial charge in [-0.1, -0.05) is 6.07 Å². The molecule has 1 aromatic rings. The lowest BCUT2D eigenvalue weighted by molar-refractivity contribution is 0.421. The maximum Gasteiger partial charge on any atom is 0.137 e. The lowest BCUT2D eigenvalue weighted by Gasteiger charge is -2.20. The predicted molar refractivity (Wildman–Crippen MR) is 73.6 cm³/mol. The molecule has 0 heterocycles. The first-order valence-corrected chi connectivity index (χ1v) is 6.57. The summed E-state index contributed by atoms with van der Waals surface area (Å²) in [5, 5.41) is 6.66. The quantitative estimate of drug-likeness (QED) is 0.817. The Morgan fingerprint density at radius 1 is 1.24 bits per heavy atom. The Labute approximate surface area is 111 Å². The Hall–Kier alpha value is -0.450. The van der Waals surface area contributed by atoms with Gasteiger partial charge in [-0.3, -0.25) is 0 Å². The average molecular weight is 303 g/mol. The van der Waals surface area contributed by atoms with Crippen LogP contribution in [0.2, 0.25) is 0 Å². The Morgan fingerprint density at radius 2 is 1.94 bits per heavy atom. The molecule has 4 heteroatoms. The van der Waals surface area contributed by atoms with E-state index in [1.54, 1.807) is 12.1 Å². The molecule has 0 radical (unpaired) electrons. The van der Waals surface area contributed by atoms with Crippen LogP contribution in [0.5, 0.6) is 0 Å². The van der Waals surface area contributed by atoms with Crippen molar-refractivity contribution in [3.8, 4) is 0 Å². The van der Waals surface area contributed by atoms with E-state index in [1.165, 1.54) is 0 Å². The van der Waals surface area contributed by atoms with Crippen LogP contribution in [0.1, 0.15) is 26.3 Å². The molecule has 0 aliphatic heterocycles. The van der Waals surface area contributed by atoms with E-state index < -0.39 is 0 Å². The highest BCUT2D eigenvalue weighted by Gasteiger charge is 2.07. The third-order valence-electron chi connectivity index (χ3n) is 2.27. The van der Waals surface area contributed by atoms with E-state index in [4.69, 9.17) is 0 Å². The standard InChI is InChI=1S/C13H20BrFN2/c1-13(2,3)17-7-6-16-9-10-4-5-11(14)12(15)8-10/h4-5,8,16-17H,6-7,9H2,1-3H3. The van der Waals surface area contributed by atoms with Gasteiger partial charge in [-0.15, -0.1) is 0 Å². The maximum atomic E-state index is 13.2. The first-order valence-electron chi connectivity index (χ1n) is 5.78. The molecule has 1 aromatic carbocycles. The minimum absolute atomic E-state index is 0.144. The summed E-state index contributed by atoms with van der Waals surface area (Å²) >= 11 is 3.14. The van der Waals surface area contributed by atoms with Gasteiger partial charge in [0.05, 0.1) is 4.47 Å². The lowest BCUT2D eigenvalue weighted by Crippen LogP contribution is -2.40. The first kappa shape index (κ1) is 14.6. The summed E-state index contributed by atoms with van der Waals surface area (Å²) in [7, 11) is 0. The van der Waals surface area contributed by atoms with E-state index in [0.29, 0.717) is 11.0 Å². The number of nitrogens with one attached hydrogen (secondary N) is 2. The number of halogens is 2. The van der Waals surface area contributed by atoms with E-state index in [1.807, 2.05) is 6.07 Å². The summed E-state index contributed by atoms with van der Waals surface area (Å²) in [6, 6.07) is 5.20. The number of benzene rings is 1. The molecule has 0 fully saturated rings. The smallest absolute Gasteiger partial charge is 0.137 e. The second kappa shape index (κ2) is 6.47. The fourth-order valence-electron chi connectivity index (χ4n) is 1.41. The molecule has 0 spiro atoms. The van der Waals surface area contributed by atoms with Crippen LogP contribution in [0.15, 0.2) is 22.7 Å². The van der Waals surface area contributed by atoms with Crippen molar-refractivity contribution in [3.63, 3.8) is 0 Å². The third-order valence-corrected chi connectivity index (χ3v) is 2.91. The highest BCUT2D eigenvalue weighted by molar-refractivity contribution is 9.10. The lowest BCUT2D eigenvalue weighted by atomic mass is 10.1.